The molecule has 0 saturated carbocycles. The zero-order chi connectivity index (χ0) is 17.7. The number of aromatic hydroxyl groups is 4. The summed E-state index contributed by atoms with van der Waals surface area (Å²) in [5.74, 6) is -2.94. The minimum Gasteiger partial charge on any atom is -0.505 e. The van der Waals surface area contributed by atoms with E-state index in [9.17, 15) is 28.8 Å². The summed E-state index contributed by atoms with van der Waals surface area (Å²) in [6.07, 6.45) is 0. The molecule has 0 unspecified atom stereocenters. The van der Waals surface area contributed by atoms with Gasteiger partial charge in [-0.2, -0.15) is 0 Å². The van der Waals surface area contributed by atoms with Crippen molar-refractivity contribution in [1.82, 2.24) is 0 Å². The van der Waals surface area contributed by atoms with E-state index in [1.807, 2.05) is 0 Å². The Hall–Kier alpha value is -0.490. The Bertz CT molecular complexity index is 897. The van der Waals surface area contributed by atoms with Crippen LogP contribution < -0.4 is 0 Å². The van der Waals surface area contributed by atoms with Gasteiger partial charge in [0.05, 0.1) is 4.47 Å². The summed E-state index contributed by atoms with van der Waals surface area (Å²) in [7, 11) is -4.52. The Morgan fingerprint density at radius 2 is 1.22 bits per heavy atom. The van der Waals surface area contributed by atoms with E-state index in [0.29, 0.717) is 4.47 Å². The average Bonchev–Trinajstić information content (AvgIpc) is 2.46. The third kappa shape index (κ3) is 3.09. The van der Waals surface area contributed by atoms with Crippen LogP contribution in [-0.2, 0) is 9.84 Å². The molecule has 0 amide bonds. The van der Waals surface area contributed by atoms with Gasteiger partial charge in [-0.25, -0.2) is 8.42 Å². The number of sulfone groups is 1. The highest BCUT2D eigenvalue weighted by Crippen LogP contribution is 2.52. The van der Waals surface area contributed by atoms with Crippen LogP contribution in [0, 0.1) is 0 Å². The van der Waals surface area contributed by atoms with E-state index in [0.717, 1.165) is 6.07 Å². The number of phenols is 4. The molecule has 11 heteroatoms. The van der Waals surface area contributed by atoms with Crippen LogP contribution in [-0.4, -0.2) is 28.8 Å². The van der Waals surface area contributed by atoms with Crippen LogP contribution in [0.3, 0.4) is 0 Å². The monoisotopic (exact) mass is 594 g/mol. The summed E-state index contributed by atoms with van der Waals surface area (Å²) in [6.45, 7) is 0. The van der Waals surface area contributed by atoms with Crippen molar-refractivity contribution >= 4 is 73.6 Å². The van der Waals surface area contributed by atoms with Crippen molar-refractivity contribution in [2.45, 2.75) is 9.79 Å². The number of phenolic OH excluding ortho intramolecular Hbond substituents is 4. The lowest BCUT2D eigenvalue weighted by Gasteiger charge is -2.14. The van der Waals surface area contributed by atoms with Crippen molar-refractivity contribution in [2.75, 3.05) is 0 Å². The van der Waals surface area contributed by atoms with Crippen LogP contribution in [0.15, 0.2) is 39.8 Å². The van der Waals surface area contributed by atoms with E-state index in [4.69, 9.17) is 0 Å². The Morgan fingerprint density at radius 3 is 1.70 bits per heavy atom. The van der Waals surface area contributed by atoms with E-state index in [2.05, 4.69) is 63.7 Å². The molecular weight excluding hydrogens is 592 g/mol. The van der Waals surface area contributed by atoms with Gasteiger partial charge in [0.15, 0.2) is 22.1 Å². The van der Waals surface area contributed by atoms with Gasteiger partial charge in [-0.15, -0.1) is 0 Å². The summed E-state index contributed by atoms with van der Waals surface area (Å²) in [6, 6.07) is 2.54. The maximum Gasteiger partial charge on any atom is 0.217 e. The normalized spacial score (nSPS) is 11.7. The van der Waals surface area contributed by atoms with Crippen LogP contribution in [0.2, 0.25) is 0 Å². The standard InChI is InChI=1S/C12H6Br4O6S/c13-3-1-4(14)8(17)5(2-3)23(21,22)12-10(19)6(15)9(18)7(16)11(12)20/h1-2,17-20H. The fraction of sp³-hybridized carbons (Fsp3) is 0. The lowest BCUT2D eigenvalue weighted by atomic mass is 10.3. The van der Waals surface area contributed by atoms with Gasteiger partial charge in [-0.1, -0.05) is 15.9 Å². The number of hydrogen-bond acceptors (Lipinski definition) is 6. The van der Waals surface area contributed by atoms with Crippen molar-refractivity contribution < 1.29 is 28.8 Å². The number of rotatable bonds is 2. The fourth-order valence-corrected chi connectivity index (χ4v) is 6.15. The van der Waals surface area contributed by atoms with Crippen LogP contribution in [0.5, 0.6) is 23.0 Å². The maximum absolute atomic E-state index is 12.8. The SMILES string of the molecule is O=S(=O)(c1cc(Br)cc(Br)c1O)c1c(O)c(Br)c(O)c(Br)c1O. The summed E-state index contributed by atoms with van der Waals surface area (Å²) in [4.78, 5) is -1.41. The minimum absolute atomic E-state index is 0.0985. The zero-order valence-electron chi connectivity index (χ0n) is 10.7. The molecule has 0 spiro atoms. The first-order valence-electron chi connectivity index (χ1n) is 5.55. The molecule has 0 radical (unpaired) electrons. The first-order chi connectivity index (χ1) is 10.5. The van der Waals surface area contributed by atoms with Gasteiger partial charge in [-0.05, 0) is 59.9 Å². The highest BCUT2D eigenvalue weighted by Gasteiger charge is 2.34. The second-order valence-corrected chi connectivity index (χ2v) is 9.45. The van der Waals surface area contributed by atoms with Gasteiger partial charge in [0.25, 0.3) is 0 Å². The van der Waals surface area contributed by atoms with Crippen LogP contribution in [0.1, 0.15) is 0 Å². The lowest BCUT2D eigenvalue weighted by molar-refractivity contribution is 0.398. The summed E-state index contributed by atoms with van der Waals surface area (Å²) >= 11 is 11.8. The van der Waals surface area contributed by atoms with Gasteiger partial charge in [-0.3, -0.25) is 0 Å². The van der Waals surface area contributed by atoms with Crippen molar-refractivity contribution in [1.29, 1.82) is 0 Å². The number of hydrogen-bond donors (Lipinski definition) is 4. The first-order valence-corrected chi connectivity index (χ1v) is 10.2. The van der Waals surface area contributed by atoms with Crippen molar-refractivity contribution in [3.8, 4) is 23.0 Å². The third-order valence-corrected chi connectivity index (χ3v) is 7.19. The van der Waals surface area contributed by atoms with E-state index in [1.54, 1.807) is 0 Å². The highest BCUT2D eigenvalue weighted by molar-refractivity contribution is 9.11. The topological polar surface area (TPSA) is 115 Å². The fourth-order valence-electron chi connectivity index (χ4n) is 1.74. The Labute approximate surface area is 164 Å². The summed E-state index contributed by atoms with van der Waals surface area (Å²) in [5.41, 5.74) is 0. The van der Waals surface area contributed by atoms with E-state index in [-0.39, 0.29) is 13.4 Å². The molecule has 0 aliphatic carbocycles. The maximum atomic E-state index is 12.8. The highest BCUT2D eigenvalue weighted by atomic mass is 79.9. The first kappa shape index (κ1) is 18.8. The molecule has 2 rings (SSSR count). The zero-order valence-corrected chi connectivity index (χ0v) is 17.8. The van der Waals surface area contributed by atoms with Crippen LogP contribution in [0.4, 0.5) is 0 Å². The van der Waals surface area contributed by atoms with Crippen molar-refractivity contribution in [3.05, 3.63) is 30.0 Å². The molecule has 0 bridgehead atoms. The van der Waals surface area contributed by atoms with Crippen LogP contribution in [0.25, 0.3) is 0 Å². The Kier molecular flexibility index (Phi) is 5.27. The largest absolute Gasteiger partial charge is 0.505 e. The smallest absolute Gasteiger partial charge is 0.217 e. The van der Waals surface area contributed by atoms with Gasteiger partial charge < -0.3 is 20.4 Å². The lowest BCUT2D eigenvalue weighted by Crippen LogP contribution is -2.05. The Morgan fingerprint density at radius 1 is 0.739 bits per heavy atom. The molecule has 0 aromatic heterocycles. The van der Waals surface area contributed by atoms with Gasteiger partial charge >= 0.3 is 0 Å². The molecule has 0 aliphatic rings. The molecule has 4 N–H and O–H groups in total. The van der Waals surface area contributed by atoms with Crippen molar-refractivity contribution in [3.63, 3.8) is 0 Å². The van der Waals surface area contributed by atoms with Crippen molar-refractivity contribution in [2.24, 2.45) is 0 Å². The molecule has 23 heavy (non-hydrogen) atoms. The average molecular weight is 598 g/mol. The van der Waals surface area contributed by atoms with Gasteiger partial charge in [0.2, 0.25) is 9.84 Å². The van der Waals surface area contributed by atoms with Gasteiger partial charge in [0, 0.05) is 4.47 Å². The second-order valence-electron chi connectivity index (χ2n) is 4.24. The van der Waals surface area contributed by atoms with E-state index < -0.39 is 42.6 Å². The number of benzene rings is 2. The van der Waals surface area contributed by atoms with E-state index in [1.165, 1.54) is 6.07 Å². The van der Waals surface area contributed by atoms with E-state index >= 15 is 0 Å². The quantitative estimate of drug-likeness (QED) is 0.408. The predicted octanol–water partition coefficient (Wildman–Crippen LogP) is 4.39. The second kappa shape index (κ2) is 6.43. The third-order valence-electron chi connectivity index (χ3n) is 2.81. The molecule has 0 fully saturated rings. The molecule has 6 nitrogen and oxygen atoms in total. The molecule has 124 valence electrons. The molecule has 0 aliphatic heterocycles. The van der Waals surface area contributed by atoms with Crippen LogP contribution >= 0.6 is 63.7 Å². The molecule has 0 saturated heterocycles. The molecular formula is C12H6Br4O6S. The molecule has 0 heterocycles. The summed E-state index contributed by atoms with van der Waals surface area (Å²) in [5, 5.41) is 39.8. The predicted molar refractivity (Wildman–Crippen MR) is 95.8 cm³/mol. The molecule has 0 atom stereocenters. The molecule has 2 aromatic rings. The minimum atomic E-state index is -4.52. The summed E-state index contributed by atoms with van der Waals surface area (Å²) < 4.78 is 25.3. The number of halogens is 4. The molecule has 2 aromatic carbocycles. The Balaban J connectivity index is 2.92. The van der Waals surface area contributed by atoms with Gasteiger partial charge in [0.1, 0.15) is 19.6 Å².